The maximum absolute atomic E-state index is 14.0. The van der Waals surface area contributed by atoms with Crippen molar-refractivity contribution in [3.05, 3.63) is 81.8 Å². The number of nitrogens with one attached hydrogen (secondary N) is 1. The summed E-state index contributed by atoms with van der Waals surface area (Å²) in [7, 11) is 0. The Morgan fingerprint density at radius 3 is 2.57 bits per heavy atom. The van der Waals surface area contributed by atoms with Crippen LogP contribution in [0.4, 0.5) is 24.5 Å². The van der Waals surface area contributed by atoms with Crippen LogP contribution in [0.5, 0.6) is 5.75 Å². The highest BCUT2D eigenvalue weighted by Gasteiger charge is 2.33. The van der Waals surface area contributed by atoms with E-state index < -0.39 is 29.1 Å². The van der Waals surface area contributed by atoms with Crippen LogP contribution < -0.4 is 15.8 Å². The topological polar surface area (TPSA) is 147 Å². The first kappa shape index (κ1) is 31.7. The molecule has 0 spiro atoms. The van der Waals surface area contributed by atoms with E-state index in [4.69, 9.17) is 4.74 Å². The number of alkyl halides is 3. The molecular weight excluding hydrogens is 621 g/mol. The second kappa shape index (κ2) is 12.5. The van der Waals surface area contributed by atoms with Crippen LogP contribution in [0.15, 0.2) is 53.5 Å². The fourth-order valence-corrected chi connectivity index (χ4v) is 5.81. The van der Waals surface area contributed by atoms with Gasteiger partial charge in [0, 0.05) is 43.3 Å². The minimum atomic E-state index is -4.51. The summed E-state index contributed by atoms with van der Waals surface area (Å²) in [4.78, 5) is 52.5. The van der Waals surface area contributed by atoms with Crippen LogP contribution >= 0.6 is 0 Å². The average Bonchev–Trinajstić information content (AvgIpc) is 3.49. The molecule has 6 rings (SSSR count). The highest BCUT2D eigenvalue weighted by molar-refractivity contribution is 5.95. The van der Waals surface area contributed by atoms with Crippen molar-refractivity contribution < 1.29 is 32.6 Å². The normalized spacial score (nSPS) is 17.1. The molecule has 2 amide bonds. The number of aromatic hydroxyl groups is 1. The third-order valence-corrected chi connectivity index (χ3v) is 8.22. The van der Waals surface area contributed by atoms with Crippen LogP contribution in [0.25, 0.3) is 11.4 Å². The highest BCUT2D eigenvalue weighted by Crippen LogP contribution is 2.30. The van der Waals surface area contributed by atoms with Gasteiger partial charge in [-0.05, 0) is 62.2 Å². The van der Waals surface area contributed by atoms with E-state index in [2.05, 4.69) is 20.4 Å². The Morgan fingerprint density at radius 2 is 1.91 bits per heavy atom. The van der Waals surface area contributed by atoms with E-state index in [1.807, 2.05) is 17.9 Å². The number of pyridine rings is 1. The molecule has 0 aliphatic carbocycles. The quantitative estimate of drug-likeness (QED) is 0.321. The van der Waals surface area contributed by atoms with Crippen LogP contribution in [0.3, 0.4) is 0 Å². The number of carbonyl (C=O) groups is 2. The lowest BCUT2D eigenvalue weighted by Crippen LogP contribution is -2.55. The number of hydrogen-bond donors (Lipinski definition) is 2. The zero-order valence-corrected chi connectivity index (χ0v) is 25.5. The average molecular weight is 653 g/mol. The van der Waals surface area contributed by atoms with E-state index in [1.54, 1.807) is 16.4 Å². The lowest BCUT2D eigenvalue weighted by atomic mass is 10.1. The molecule has 13 nitrogen and oxygen atoms in total. The highest BCUT2D eigenvalue weighted by atomic mass is 19.4. The van der Waals surface area contributed by atoms with E-state index in [9.17, 15) is 32.7 Å². The molecule has 0 saturated carbocycles. The Bertz CT molecular complexity index is 1940. The van der Waals surface area contributed by atoms with Gasteiger partial charge in [-0.2, -0.15) is 22.7 Å². The molecule has 5 heterocycles. The number of aromatic nitrogens is 5. The molecule has 0 radical (unpaired) electrons. The summed E-state index contributed by atoms with van der Waals surface area (Å²) < 4.78 is 47.2. The summed E-state index contributed by atoms with van der Waals surface area (Å²) in [6.45, 7) is 4.73. The van der Waals surface area contributed by atoms with E-state index in [1.165, 1.54) is 30.5 Å². The summed E-state index contributed by atoms with van der Waals surface area (Å²) in [5.74, 6) is -0.789. The van der Waals surface area contributed by atoms with Gasteiger partial charge in [-0.3, -0.25) is 14.4 Å². The van der Waals surface area contributed by atoms with E-state index in [-0.39, 0.29) is 60.8 Å². The summed E-state index contributed by atoms with van der Waals surface area (Å²) >= 11 is 0. The number of ether oxygens (including phenoxy) is 1. The van der Waals surface area contributed by atoms with Gasteiger partial charge < -0.3 is 29.5 Å². The summed E-state index contributed by atoms with van der Waals surface area (Å²) in [5.41, 5.74) is 0.265. The molecule has 0 bridgehead atoms. The number of nitrogens with zero attached hydrogens (tertiary/aromatic N) is 7. The number of carbonyl (C=O) groups excluding carboxylic acids is 2. The number of halogens is 3. The lowest BCUT2D eigenvalue weighted by molar-refractivity contribution is -0.137. The second-order valence-electron chi connectivity index (χ2n) is 11.3. The minimum Gasteiger partial charge on any atom is -0.505 e. The molecule has 0 unspecified atom stereocenters. The fourth-order valence-electron chi connectivity index (χ4n) is 5.81. The van der Waals surface area contributed by atoms with Gasteiger partial charge in [0.15, 0.2) is 11.5 Å². The van der Waals surface area contributed by atoms with Crippen LogP contribution in [0.2, 0.25) is 0 Å². The van der Waals surface area contributed by atoms with Crippen molar-refractivity contribution in [3.8, 4) is 5.75 Å². The van der Waals surface area contributed by atoms with Crippen molar-refractivity contribution in [1.82, 2.24) is 29.0 Å². The Morgan fingerprint density at radius 1 is 1.15 bits per heavy atom. The molecule has 1 saturated heterocycles. The minimum absolute atomic E-state index is 0.0654. The smallest absolute Gasteiger partial charge is 0.416 e. The maximum atomic E-state index is 14.0. The standard InChI is InChI=1S/C31H31F3N8O5/c1-18-16-39(12-13-40(18)28(45)25-23(43)4-3-11-35-25)26-19(2)41(17-24(44)36-22-7-5-21(6-8-22)31(32,33)34)30-37-27(38-42(30)29(26)46)20-9-14-47-15-10-20/h3-9,11,18,43H,10,12-17H2,1-2H3,(H,36,44)/t18-/m1/s1. The molecule has 16 heteroatoms. The van der Waals surface area contributed by atoms with Crippen molar-refractivity contribution in [2.24, 2.45) is 0 Å². The van der Waals surface area contributed by atoms with Gasteiger partial charge in [0.25, 0.3) is 11.5 Å². The first-order valence-electron chi connectivity index (χ1n) is 14.9. The van der Waals surface area contributed by atoms with Gasteiger partial charge in [0.05, 0.1) is 18.8 Å². The fraction of sp³-hybridized carbons (Fsp3) is 0.355. The summed E-state index contributed by atoms with van der Waals surface area (Å²) in [6.07, 6.45) is -0.731. The second-order valence-corrected chi connectivity index (χ2v) is 11.3. The van der Waals surface area contributed by atoms with E-state index in [0.717, 1.165) is 22.2 Å². The van der Waals surface area contributed by atoms with E-state index in [0.29, 0.717) is 31.2 Å². The van der Waals surface area contributed by atoms with E-state index >= 15 is 0 Å². The number of piperazine rings is 1. The lowest BCUT2D eigenvalue weighted by Gasteiger charge is -2.41. The Kier molecular flexibility index (Phi) is 8.44. The van der Waals surface area contributed by atoms with Gasteiger partial charge in [-0.25, -0.2) is 4.98 Å². The monoisotopic (exact) mass is 652 g/mol. The molecule has 47 heavy (non-hydrogen) atoms. The summed E-state index contributed by atoms with van der Waals surface area (Å²) in [5, 5.41) is 17.3. The third-order valence-electron chi connectivity index (χ3n) is 8.22. The maximum Gasteiger partial charge on any atom is 0.416 e. The summed E-state index contributed by atoms with van der Waals surface area (Å²) in [6, 6.07) is 6.61. The van der Waals surface area contributed by atoms with Gasteiger partial charge in [0.2, 0.25) is 11.7 Å². The molecule has 3 aromatic heterocycles. The van der Waals surface area contributed by atoms with Crippen molar-refractivity contribution in [2.45, 2.75) is 39.0 Å². The van der Waals surface area contributed by atoms with Crippen LogP contribution in [-0.2, 0) is 22.3 Å². The molecule has 2 N–H and O–H groups in total. The Hall–Kier alpha value is -5.25. The Labute approximate surface area is 265 Å². The largest absolute Gasteiger partial charge is 0.505 e. The number of fused-ring (bicyclic) bond motifs is 1. The molecule has 1 atom stereocenters. The molecule has 4 aromatic rings. The molecular formula is C31H31F3N8O5. The van der Waals surface area contributed by atoms with Gasteiger partial charge in [0.1, 0.15) is 18.0 Å². The first-order valence-corrected chi connectivity index (χ1v) is 14.9. The number of rotatable bonds is 6. The Balaban J connectivity index is 1.33. The van der Waals surface area contributed by atoms with Crippen molar-refractivity contribution in [2.75, 3.05) is 43.1 Å². The number of hydrogen-bond acceptors (Lipinski definition) is 9. The number of amides is 2. The predicted octanol–water partition coefficient (Wildman–Crippen LogP) is 3.11. The van der Waals surface area contributed by atoms with Crippen molar-refractivity contribution >= 4 is 34.5 Å². The molecule has 2 aliphatic rings. The molecule has 1 aromatic carbocycles. The van der Waals surface area contributed by atoms with Crippen LogP contribution in [0, 0.1) is 6.92 Å². The van der Waals surface area contributed by atoms with Gasteiger partial charge in [-0.1, -0.05) is 6.08 Å². The zero-order chi connectivity index (χ0) is 33.5. The van der Waals surface area contributed by atoms with Gasteiger partial charge >= 0.3 is 6.18 Å². The third kappa shape index (κ3) is 6.27. The number of benzene rings is 1. The molecule has 2 aliphatic heterocycles. The predicted molar refractivity (Wildman–Crippen MR) is 164 cm³/mol. The van der Waals surface area contributed by atoms with Crippen molar-refractivity contribution in [3.63, 3.8) is 0 Å². The molecule has 1 fully saturated rings. The van der Waals surface area contributed by atoms with Gasteiger partial charge in [-0.15, -0.1) is 5.10 Å². The SMILES string of the molecule is Cc1c(N2CCN(C(=O)c3ncccc3O)[C@H](C)C2)c(=O)n2nc(C3=CCOCC3)nc2n1CC(=O)Nc1ccc(C(F)(F)F)cc1. The number of anilines is 2. The first-order chi connectivity index (χ1) is 22.4. The molecule has 246 valence electrons. The van der Waals surface area contributed by atoms with Crippen LogP contribution in [0.1, 0.15) is 40.9 Å². The van der Waals surface area contributed by atoms with Crippen LogP contribution in [-0.4, -0.2) is 84.9 Å². The zero-order valence-electron chi connectivity index (χ0n) is 25.5. The van der Waals surface area contributed by atoms with Crippen molar-refractivity contribution in [1.29, 1.82) is 0 Å².